The fraction of sp³-hybridized carbons (Fsp3) is 0.462. The van der Waals surface area contributed by atoms with E-state index in [0.717, 1.165) is 24.8 Å². The second kappa shape index (κ2) is 4.97. The first-order valence-electron chi connectivity index (χ1n) is 5.74. The maximum absolute atomic E-state index is 11.9. The Kier molecular flexibility index (Phi) is 3.76. The van der Waals surface area contributed by atoms with Gasteiger partial charge in [0.05, 0.1) is 10.0 Å². The molecule has 0 radical (unpaired) electrons. The summed E-state index contributed by atoms with van der Waals surface area (Å²) in [6.45, 7) is 0. The topological polar surface area (TPSA) is 43.1 Å². The van der Waals surface area contributed by atoms with Gasteiger partial charge in [-0.2, -0.15) is 0 Å². The SMILES string of the molecule is NC1(CC(=O)Cc2cccc(Cl)c2Cl)CCC1. The molecule has 0 amide bonds. The largest absolute Gasteiger partial charge is 0.325 e. The quantitative estimate of drug-likeness (QED) is 0.913. The lowest BCUT2D eigenvalue weighted by molar-refractivity contribution is -0.120. The lowest BCUT2D eigenvalue weighted by Crippen LogP contribution is -2.48. The number of rotatable bonds is 4. The Labute approximate surface area is 111 Å². The van der Waals surface area contributed by atoms with Crippen molar-refractivity contribution in [2.75, 3.05) is 0 Å². The first-order valence-corrected chi connectivity index (χ1v) is 6.49. The highest BCUT2D eigenvalue weighted by Gasteiger charge is 2.34. The number of halogens is 2. The summed E-state index contributed by atoms with van der Waals surface area (Å²) in [7, 11) is 0. The summed E-state index contributed by atoms with van der Waals surface area (Å²) in [5, 5.41) is 0.963. The van der Waals surface area contributed by atoms with Gasteiger partial charge in [0.15, 0.2) is 0 Å². The van der Waals surface area contributed by atoms with Crippen LogP contribution in [0.5, 0.6) is 0 Å². The van der Waals surface area contributed by atoms with E-state index in [1.165, 1.54) is 0 Å². The number of Topliss-reactive ketones (excluding diaryl/α,β-unsaturated/α-hetero) is 1. The van der Waals surface area contributed by atoms with E-state index in [-0.39, 0.29) is 11.3 Å². The van der Waals surface area contributed by atoms with Gasteiger partial charge in [-0.3, -0.25) is 4.79 Å². The van der Waals surface area contributed by atoms with Crippen LogP contribution in [0.3, 0.4) is 0 Å². The van der Waals surface area contributed by atoms with E-state index in [2.05, 4.69) is 0 Å². The third-order valence-corrected chi connectivity index (χ3v) is 4.18. The van der Waals surface area contributed by atoms with Crippen LogP contribution >= 0.6 is 23.2 Å². The first kappa shape index (κ1) is 12.9. The zero-order valence-electron chi connectivity index (χ0n) is 9.51. The third-order valence-electron chi connectivity index (χ3n) is 3.32. The smallest absolute Gasteiger partial charge is 0.139 e. The molecule has 1 aliphatic carbocycles. The number of carbonyl (C=O) groups is 1. The van der Waals surface area contributed by atoms with E-state index >= 15 is 0 Å². The molecule has 0 spiro atoms. The highest BCUT2D eigenvalue weighted by atomic mass is 35.5. The molecule has 1 aliphatic rings. The molecule has 2 nitrogen and oxygen atoms in total. The van der Waals surface area contributed by atoms with Crippen LogP contribution < -0.4 is 5.73 Å². The molecular weight excluding hydrogens is 257 g/mol. The predicted octanol–water partition coefficient (Wildman–Crippen LogP) is 3.38. The summed E-state index contributed by atoms with van der Waals surface area (Å²) < 4.78 is 0. The average Bonchev–Trinajstić information content (AvgIpc) is 2.22. The summed E-state index contributed by atoms with van der Waals surface area (Å²) in [4.78, 5) is 11.9. The van der Waals surface area contributed by atoms with Crippen molar-refractivity contribution < 1.29 is 4.79 Å². The van der Waals surface area contributed by atoms with Gasteiger partial charge in [0.2, 0.25) is 0 Å². The van der Waals surface area contributed by atoms with Crippen molar-refractivity contribution in [2.24, 2.45) is 5.73 Å². The Morgan fingerprint density at radius 1 is 1.35 bits per heavy atom. The molecule has 1 fully saturated rings. The Morgan fingerprint density at radius 3 is 2.65 bits per heavy atom. The van der Waals surface area contributed by atoms with Crippen LogP contribution in [0.1, 0.15) is 31.2 Å². The van der Waals surface area contributed by atoms with Gasteiger partial charge in [0.1, 0.15) is 5.78 Å². The van der Waals surface area contributed by atoms with Crippen molar-refractivity contribution in [1.29, 1.82) is 0 Å². The van der Waals surface area contributed by atoms with Crippen molar-refractivity contribution in [2.45, 2.75) is 37.6 Å². The molecule has 0 bridgehead atoms. The molecule has 0 heterocycles. The minimum Gasteiger partial charge on any atom is -0.325 e. The second-order valence-electron chi connectivity index (χ2n) is 4.82. The van der Waals surface area contributed by atoms with Crippen LogP contribution in [-0.4, -0.2) is 11.3 Å². The summed E-state index contributed by atoms with van der Waals surface area (Å²) in [6, 6.07) is 5.35. The highest BCUT2D eigenvalue weighted by molar-refractivity contribution is 6.42. The van der Waals surface area contributed by atoms with Crippen LogP contribution in [-0.2, 0) is 11.2 Å². The zero-order chi connectivity index (χ0) is 12.5. The maximum atomic E-state index is 11.9. The molecule has 2 N–H and O–H groups in total. The number of nitrogens with two attached hydrogens (primary N) is 1. The molecule has 0 aromatic heterocycles. The fourth-order valence-electron chi connectivity index (χ4n) is 2.16. The van der Waals surface area contributed by atoms with Crippen LogP contribution in [0.25, 0.3) is 0 Å². The number of hydrogen-bond donors (Lipinski definition) is 1. The van der Waals surface area contributed by atoms with Crippen LogP contribution in [0.15, 0.2) is 18.2 Å². The van der Waals surface area contributed by atoms with Crippen molar-refractivity contribution in [3.63, 3.8) is 0 Å². The molecule has 0 atom stereocenters. The summed E-state index contributed by atoms with van der Waals surface area (Å²) in [5.41, 5.74) is 6.57. The van der Waals surface area contributed by atoms with E-state index in [9.17, 15) is 4.79 Å². The van der Waals surface area contributed by atoms with Gasteiger partial charge in [-0.1, -0.05) is 35.3 Å². The molecule has 17 heavy (non-hydrogen) atoms. The van der Waals surface area contributed by atoms with E-state index < -0.39 is 0 Å². The van der Waals surface area contributed by atoms with Gasteiger partial charge in [-0.15, -0.1) is 0 Å². The predicted molar refractivity (Wildman–Crippen MR) is 70.6 cm³/mol. The summed E-state index contributed by atoms with van der Waals surface area (Å²) >= 11 is 11.9. The number of benzene rings is 1. The molecule has 0 unspecified atom stereocenters. The van der Waals surface area contributed by atoms with Gasteiger partial charge in [0.25, 0.3) is 0 Å². The molecule has 0 aliphatic heterocycles. The number of ketones is 1. The van der Waals surface area contributed by atoms with Gasteiger partial charge in [0, 0.05) is 18.4 Å². The summed E-state index contributed by atoms with van der Waals surface area (Å²) in [5.74, 6) is 0.136. The standard InChI is InChI=1S/C13H15Cl2NO/c14-11-4-1-3-9(12(11)15)7-10(17)8-13(16)5-2-6-13/h1,3-4H,2,5-8,16H2. The molecular formula is C13H15Cl2NO. The minimum absolute atomic E-state index is 0.136. The van der Waals surface area contributed by atoms with E-state index in [1.54, 1.807) is 12.1 Å². The van der Waals surface area contributed by atoms with Crippen molar-refractivity contribution in [3.8, 4) is 0 Å². The molecule has 1 aromatic rings. The van der Waals surface area contributed by atoms with Crippen LogP contribution in [0, 0.1) is 0 Å². The zero-order valence-corrected chi connectivity index (χ0v) is 11.0. The van der Waals surface area contributed by atoms with E-state index in [4.69, 9.17) is 28.9 Å². The Balaban J connectivity index is 2.00. The highest BCUT2D eigenvalue weighted by Crippen LogP contribution is 2.33. The maximum Gasteiger partial charge on any atom is 0.139 e. The average molecular weight is 272 g/mol. The number of carbonyl (C=O) groups excluding carboxylic acids is 1. The Bertz CT molecular complexity index is 441. The molecule has 0 saturated heterocycles. The van der Waals surface area contributed by atoms with Gasteiger partial charge in [-0.25, -0.2) is 0 Å². The van der Waals surface area contributed by atoms with Gasteiger partial charge < -0.3 is 5.73 Å². The monoisotopic (exact) mass is 271 g/mol. The lowest BCUT2D eigenvalue weighted by atomic mass is 9.74. The molecule has 4 heteroatoms. The molecule has 1 aromatic carbocycles. The van der Waals surface area contributed by atoms with Crippen molar-refractivity contribution >= 4 is 29.0 Å². The lowest BCUT2D eigenvalue weighted by Gasteiger charge is -2.37. The van der Waals surface area contributed by atoms with Gasteiger partial charge in [-0.05, 0) is 30.9 Å². The Hall–Kier alpha value is -0.570. The number of hydrogen-bond acceptors (Lipinski definition) is 2. The normalized spacial score (nSPS) is 17.6. The van der Waals surface area contributed by atoms with Gasteiger partial charge >= 0.3 is 0 Å². The van der Waals surface area contributed by atoms with Crippen molar-refractivity contribution in [1.82, 2.24) is 0 Å². The molecule has 2 rings (SSSR count). The second-order valence-corrected chi connectivity index (χ2v) is 5.61. The van der Waals surface area contributed by atoms with E-state index in [0.29, 0.717) is 22.9 Å². The fourth-order valence-corrected chi connectivity index (χ4v) is 2.55. The minimum atomic E-state index is -0.262. The third kappa shape index (κ3) is 3.01. The Morgan fingerprint density at radius 2 is 2.06 bits per heavy atom. The van der Waals surface area contributed by atoms with Crippen LogP contribution in [0.2, 0.25) is 10.0 Å². The van der Waals surface area contributed by atoms with Crippen LogP contribution in [0.4, 0.5) is 0 Å². The van der Waals surface area contributed by atoms with E-state index in [1.807, 2.05) is 6.07 Å². The summed E-state index contributed by atoms with van der Waals surface area (Å²) in [6.07, 6.45) is 3.78. The molecule has 92 valence electrons. The molecule has 1 saturated carbocycles. The first-order chi connectivity index (χ1) is 8.00. The van der Waals surface area contributed by atoms with Crippen molar-refractivity contribution in [3.05, 3.63) is 33.8 Å².